The summed E-state index contributed by atoms with van der Waals surface area (Å²) in [5, 5.41) is 15.7. The van der Waals surface area contributed by atoms with Crippen LogP contribution in [0.4, 0.5) is 5.82 Å². The Kier molecular flexibility index (Phi) is 7.04. The van der Waals surface area contributed by atoms with Crippen LogP contribution in [0.5, 0.6) is 11.5 Å². The molecular formula is C25H25N3O4S. The highest BCUT2D eigenvalue weighted by atomic mass is 32.1. The van der Waals surface area contributed by atoms with E-state index in [1.165, 1.54) is 27.5 Å². The number of nitrogens with one attached hydrogen (secondary N) is 1. The number of benzene rings is 2. The van der Waals surface area contributed by atoms with Gasteiger partial charge in [-0.2, -0.15) is 0 Å². The van der Waals surface area contributed by atoms with E-state index in [4.69, 9.17) is 14.6 Å². The lowest BCUT2D eigenvalue weighted by Crippen LogP contribution is -2.10. The minimum Gasteiger partial charge on any atom is -0.490 e. The van der Waals surface area contributed by atoms with Gasteiger partial charge in [-0.1, -0.05) is 6.07 Å². The third-order valence-electron chi connectivity index (χ3n) is 5.11. The highest BCUT2D eigenvalue weighted by Gasteiger charge is 2.11. The maximum absolute atomic E-state index is 10.8. The predicted octanol–water partition coefficient (Wildman–Crippen LogP) is 5.18. The Labute approximate surface area is 196 Å². The van der Waals surface area contributed by atoms with Crippen LogP contribution < -0.4 is 14.8 Å². The number of carbonyl (C=O) groups is 1. The van der Waals surface area contributed by atoms with Gasteiger partial charge in [-0.25, -0.2) is 14.8 Å². The first-order valence-electron chi connectivity index (χ1n) is 10.7. The van der Waals surface area contributed by atoms with E-state index in [2.05, 4.69) is 45.8 Å². The highest BCUT2D eigenvalue weighted by Crippen LogP contribution is 2.32. The summed E-state index contributed by atoms with van der Waals surface area (Å²) in [6, 6.07) is 13.8. The summed E-state index contributed by atoms with van der Waals surface area (Å²) in [6.45, 7) is 4.75. The van der Waals surface area contributed by atoms with Crippen LogP contribution in [0.25, 0.3) is 21.3 Å². The second-order valence-corrected chi connectivity index (χ2v) is 8.40. The van der Waals surface area contributed by atoms with E-state index in [0.717, 1.165) is 30.0 Å². The molecule has 0 radical (unpaired) electrons. The van der Waals surface area contributed by atoms with Crippen molar-refractivity contribution >= 4 is 33.2 Å². The molecule has 33 heavy (non-hydrogen) atoms. The molecule has 4 aromatic rings. The monoisotopic (exact) mass is 463 g/mol. The van der Waals surface area contributed by atoms with E-state index in [1.807, 2.05) is 19.1 Å². The third-order valence-corrected chi connectivity index (χ3v) is 6.19. The SMILES string of the molecule is CCOc1cc(-c2cc(NCCc3ccc4scc(C)c4c3)ncn2)ccc1OCC(=O)O. The van der Waals surface area contributed by atoms with Crippen molar-refractivity contribution in [2.24, 2.45) is 0 Å². The number of ether oxygens (including phenoxy) is 2. The van der Waals surface area contributed by atoms with Gasteiger partial charge in [-0.3, -0.25) is 0 Å². The van der Waals surface area contributed by atoms with Crippen LogP contribution in [0.2, 0.25) is 0 Å². The molecule has 0 aliphatic rings. The maximum atomic E-state index is 10.8. The quantitative estimate of drug-likeness (QED) is 0.334. The number of carboxylic acids is 1. The first kappa shape index (κ1) is 22.5. The molecule has 0 atom stereocenters. The highest BCUT2D eigenvalue weighted by molar-refractivity contribution is 7.17. The van der Waals surface area contributed by atoms with Crippen LogP contribution in [0.1, 0.15) is 18.1 Å². The van der Waals surface area contributed by atoms with Gasteiger partial charge in [0.05, 0.1) is 12.3 Å². The lowest BCUT2D eigenvalue weighted by Gasteiger charge is -2.13. The number of carboxylic acid groups (broad SMARTS) is 1. The van der Waals surface area contributed by atoms with E-state index < -0.39 is 12.6 Å². The number of nitrogens with zero attached hydrogens (tertiary/aromatic N) is 2. The third kappa shape index (κ3) is 5.59. The summed E-state index contributed by atoms with van der Waals surface area (Å²) in [7, 11) is 0. The summed E-state index contributed by atoms with van der Waals surface area (Å²) in [5.41, 5.74) is 4.15. The van der Waals surface area contributed by atoms with Crippen molar-refractivity contribution in [1.82, 2.24) is 9.97 Å². The molecule has 0 aliphatic carbocycles. The molecule has 2 N–H and O–H groups in total. The molecule has 0 unspecified atom stereocenters. The van der Waals surface area contributed by atoms with E-state index in [0.29, 0.717) is 18.1 Å². The Balaban J connectivity index is 1.44. The number of fused-ring (bicyclic) bond motifs is 1. The summed E-state index contributed by atoms with van der Waals surface area (Å²) >= 11 is 1.78. The zero-order chi connectivity index (χ0) is 23.2. The van der Waals surface area contributed by atoms with Crippen LogP contribution in [-0.4, -0.2) is 40.8 Å². The van der Waals surface area contributed by atoms with Crippen molar-refractivity contribution < 1.29 is 19.4 Å². The number of aliphatic carboxylic acids is 1. The number of anilines is 1. The van der Waals surface area contributed by atoms with Gasteiger partial charge in [-0.05, 0) is 72.5 Å². The molecule has 8 heteroatoms. The molecule has 0 aliphatic heterocycles. The molecule has 0 saturated heterocycles. The summed E-state index contributed by atoms with van der Waals surface area (Å²) in [4.78, 5) is 19.5. The first-order valence-corrected chi connectivity index (χ1v) is 11.6. The predicted molar refractivity (Wildman–Crippen MR) is 131 cm³/mol. The van der Waals surface area contributed by atoms with E-state index in [-0.39, 0.29) is 0 Å². The van der Waals surface area contributed by atoms with Crippen LogP contribution in [0, 0.1) is 6.92 Å². The number of aromatic nitrogens is 2. The van der Waals surface area contributed by atoms with Crippen molar-refractivity contribution in [1.29, 1.82) is 0 Å². The van der Waals surface area contributed by atoms with Crippen LogP contribution >= 0.6 is 11.3 Å². The number of thiophene rings is 1. The van der Waals surface area contributed by atoms with Gasteiger partial charge < -0.3 is 19.9 Å². The molecule has 170 valence electrons. The van der Waals surface area contributed by atoms with Crippen molar-refractivity contribution in [2.45, 2.75) is 20.3 Å². The number of hydrogen-bond acceptors (Lipinski definition) is 7. The average Bonchev–Trinajstić information content (AvgIpc) is 3.19. The topological polar surface area (TPSA) is 93.6 Å². The van der Waals surface area contributed by atoms with Gasteiger partial charge in [-0.15, -0.1) is 11.3 Å². The molecular weight excluding hydrogens is 438 g/mol. The van der Waals surface area contributed by atoms with E-state index >= 15 is 0 Å². The van der Waals surface area contributed by atoms with Crippen LogP contribution in [0.3, 0.4) is 0 Å². The number of rotatable bonds is 10. The zero-order valence-electron chi connectivity index (χ0n) is 18.5. The second-order valence-electron chi connectivity index (χ2n) is 7.49. The maximum Gasteiger partial charge on any atom is 0.341 e. The van der Waals surface area contributed by atoms with Crippen LogP contribution in [0.15, 0.2) is 54.2 Å². The average molecular weight is 464 g/mol. The largest absolute Gasteiger partial charge is 0.490 e. The van der Waals surface area contributed by atoms with Crippen LogP contribution in [-0.2, 0) is 11.2 Å². The van der Waals surface area contributed by atoms with Gasteiger partial charge in [0.2, 0.25) is 0 Å². The second kappa shape index (κ2) is 10.3. The Hall–Kier alpha value is -3.65. The standard InChI is InChI=1S/C25H25N3O4S/c1-3-31-22-11-18(5-6-21(22)32-13-25(29)30)20-12-24(28-15-27-20)26-9-8-17-4-7-23-19(10-17)16(2)14-33-23/h4-7,10-12,14-15H,3,8-9,13H2,1-2H3,(H,29,30)(H,26,27,28). The fourth-order valence-corrected chi connectivity index (χ4v) is 4.42. The molecule has 4 rings (SSSR count). The molecule has 0 amide bonds. The number of hydrogen-bond donors (Lipinski definition) is 2. The Morgan fingerprint density at radius 3 is 2.79 bits per heavy atom. The fourth-order valence-electron chi connectivity index (χ4n) is 3.50. The molecule has 0 spiro atoms. The normalized spacial score (nSPS) is 10.8. The smallest absolute Gasteiger partial charge is 0.341 e. The van der Waals surface area contributed by atoms with Gasteiger partial charge in [0, 0.05) is 22.9 Å². The van der Waals surface area contributed by atoms with Crippen molar-refractivity contribution in [2.75, 3.05) is 25.1 Å². The lowest BCUT2D eigenvalue weighted by molar-refractivity contribution is -0.139. The minimum atomic E-state index is -1.04. The fraction of sp³-hybridized carbons (Fsp3) is 0.240. The molecule has 2 aromatic heterocycles. The molecule has 0 fully saturated rings. The van der Waals surface area contributed by atoms with E-state index in [1.54, 1.807) is 23.5 Å². The molecule has 7 nitrogen and oxygen atoms in total. The van der Waals surface area contributed by atoms with Crippen molar-refractivity contribution in [3.05, 3.63) is 65.3 Å². The molecule has 2 heterocycles. The van der Waals surface area contributed by atoms with Crippen molar-refractivity contribution in [3.63, 3.8) is 0 Å². The molecule has 2 aromatic carbocycles. The van der Waals surface area contributed by atoms with Gasteiger partial charge in [0.1, 0.15) is 12.1 Å². The zero-order valence-corrected chi connectivity index (χ0v) is 19.3. The number of aryl methyl sites for hydroxylation is 1. The Bertz CT molecular complexity index is 1270. The summed E-state index contributed by atoms with van der Waals surface area (Å²) < 4.78 is 12.3. The summed E-state index contributed by atoms with van der Waals surface area (Å²) in [6.07, 6.45) is 2.41. The van der Waals surface area contributed by atoms with E-state index in [9.17, 15) is 4.79 Å². The minimum absolute atomic E-state index is 0.383. The van der Waals surface area contributed by atoms with Gasteiger partial charge in [0.15, 0.2) is 18.1 Å². The Morgan fingerprint density at radius 2 is 1.97 bits per heavy atom. The molecule has 0 saturated carbocycles. The summed E-state index contributed by atoms with van der Waals surface area (Å²) in [5.74, 6) is 0.548. The van der Waals surface area contributed by atoms with Gasteiger partial charge in [0.25, 0.3) is 0 Å². The molecule has 0 bridgehead atoms. The first-order chi connectivity index (χ1) is 16.0. The van der Waals surface area contributed by atoms with Crippen molar-refractivity contribution in [3.8, 4) is 22.8 Å². The lowest BCUT2D eigenvalue weighted by atomic mass is 10.1. The van der Waals surface area contributed by atoms with Gasteiger partial charge >= 0.3 is 5.97 Å². The Morgan fingerprint density at radius 1 is 1.09 bits per heavy atom.